The smallest absolute Gasteiger partial charge is 0.209 e. The first-order valence-corrected chi connectivity index (χ1v) is 3.88. The summed E-state index contributed by atoms with van der Waals surface area (Å²) < 4.78 is 0.0279. The van der Waals surface area contributed by atoms with Gasteiger partial charge in [0, 0.05) is 22.6 Å². The molecule has 0 aromatic carbocycles. The van der Waals surface area contributed by atoms with E-state index in [0.29, 0.717) is 0 Å². The molecule has 0 saturated carbocycles. The zero-order valence-electron chi connectivity index (χ0n) is 5.94. The van der Waals surface area contributed by atoms with E-state index in [1.165, 1.54) is 0 Å². The van der Waals surface area contributed by atoms with E-state index in [4.69, 9.17) is 5.73 Å². The highest BCUT2D eigenvalue weighted by Gasteiger charge is 2.24. The number of halogens is 1. The highest BCUT2D eigenvalue weighted by atomic mass is 127. The van der Waals surface area contributed by atoms with Crippen molar-refractivity contribution in [3.05, 3.63) is 0 Å². The summed E-state index contributed by atoms with van der Waals surface area (Å²) in [5, 5.41) is 0. The first-order chi connectivity index (χ1) is 3.85. The fourth-order valence-corrected chi connectivity index (χ4v) is 1.27. The normalized spacial score (nSPS) is 15.2. The molecular weight excluding hydrogens is 229 g/mol. The van der Waals surface area contributed by atoms with Crippen molar-refractivity contribution in [3.8, 4) is 0 Å². The zero-order valence-corrected chi connectivity index (χ0v) is 8.10. The second-order valence-electron chi connectivity index (χ2n) is 3.15. The van der Waals surface area contributed by atoms with Gasteiger partial charge in [0.15, 0.2) is 0 Å². The quantitative estimate of drug-likeness (QED) is 0.555. The number of hydrogen-bond acceptors (Lipinski definition) is 2. The minimum absolute atomic E-state index is 0.0279. The van der Waals surface area contributed by atoms with Gasteiger partial charge in [-0.25, -0.2) is 0 Å². The summed E-state index contributed by atoms with van der Waals surface area (Å²) in [6.45, 7) is 5.86. The SMILES string of the molecule is CC(C)(C)[C@H](N)C(=O)I. The molecule has 0 aliphatic rings. The number of rotatable bonds is 1. The van der Waals surface area contributed by atoms with Gasteiger partial charge < -0.3 is 5.73 Å². The molecule has 0 fully saturated rings. The van der Waals surface area contributed by atoms with E-state index in [-0.39, 0.29) is 15.2 Å². The fourth-order valence-electron chi connectivity index (χ4n) is 0.340. The minimum Gasteiger partial charge on any atom is -0.320 e. The summed E-state index contributed by atoms with van der Waals surface area (Å²) in [5.74, 6) is 0. The zero-order chi connectivity index (χ0) is 7.65. The molecule has 0 rings (SSSR count). The topological polar surface area (TPSA) is 43.1 Å². The number of carbonyl (C=O) groups excluding carboxylic acids is 1. The molecule has 9 heavy (non-hydrogen) atoms. The molecular formula is C6H12INO. The molecule has 0 aliphatic carbocycles. The second kappa shape index (κ2) is 2.96. The van der Waals surface area contributed by atoms with Gasteiger partial charge in [-0.1, -0.05) is 20.8 Å². The molecule has 1 atom stereocenters. The third kappa shape index (κ3) is 3.15. The van der Waals surface area contributed by atoms with Crippen molar-refractivity contribution in [2.24, 2.45) is 11.1 Å². The van der Waals surface area contributed by atoms with Gasteiger partial charge in [-0.05, 0) is 5.41 Å². The average molecular weight is 241 g/mol. The molecule has 54 valence electrons. The van der Waals surface area contributed by atoms with Gasteiger partial charge in [-0.15, -0.1) is 0 Å². The second-order valence-corrected chi connectivity index (χ2v) is 4.21. The number of carbonyl (C=O) groups is 1. The molecule has 0 aliphatic heterocycles. The summed E-state index contributed by atoms with van der Waals surface area (Å²) in [7, 11) is 0. The average Bonchev–Trinajstić information content (AvgIpc) is 1.62. The van der Waals surface area contributed by atoms with Crippen LogP contribution < -0.4 is 5.73 Å². The van der Waals surface area contributed by atoms with Crippen LogP contribution in [0.1, 0.15) is 20.8 Å². The van der Waals surface area contributed by atoms with Crippen LogP contribution >= 0.6 is 22.6 Å². The van der Waals surface area contributed by atoms with Crippen molar-refractivity contribution in [1.82, 2.24) is 0 Å². The van der Waals surface area contributed by atoms with Crippen molar-refractivity contribution in [1.29, 1.82) is 0 Å². The lowest BCUT2D eigenvalue weighted by molar-refractivity contribution is -0.112. The largest absolute Gasteiger partial charge is 0.320 e. The monoisotopic (exact) mass is 241 g/mol. The Labute approximate surface area is 69.3 Å². The van der Waals surface area contributed by atoms with Crippen molar-refractivity contribution < 1.29 is 4.79 Å². The van der Waals surface area contributed by atoms with E-state index in [1.54, 1.807) is 22.6 Å². The lowest BCUT2D eigenvalue weighted by Crippen LogP contribution is -2.39. The Morgan fingerprint density at radius 2 is 1.89 bits per heavy atom. The maximum absolute atomic E-state index is 10.7. The lowest BCUT2D eigenvalue weighted by Gasteiger charge is -2.23. The van der Waals surface area contributed by atoms with Crippen LogP contribution in [0.4, 0.5) is 0 Å². The molecule has 0 aromatic heterocycles. The van der Waals surface area contributed by atoms with Gasteiger partial charge in [0.05, 0.1) is 6.04 Å². The summed E-state index contributed by atoms with van der Waals surface area (Å²) in [5.41, 5.74) is 5.44. The van der Waals surface area contributed by atoms with Crippen molar-refractivity contribution >= 4 is 26.4 Å². The summed E-state index contributed by atoms with van der Waals surface area (Å²) in [4.78, 5) is 10.7. The summed E-state index contributed by atoms with van der Waals surface area (Å²) in [6.07, 6.45) is 0. The Morgan fingerprint density at radius 1 is 1.56 bits per heavy atom. The Balaban J connectivity index is 4.04. The summed E-state index contributed by atoms with van der Waals surface area (Å²) >= 11 is 1.73. The third-order valence-electron chi connectivity index (χ3n) is 1.18. The highest BCUT2D eigenvalue weighted by molar-refractivity contribution is 14.1. The van der Waals surface area contributed by atoms with Gasteiger partial charge in [0.2, 0.25) is 3.79 Å². The lowest BCUT2D eigenvalue weighted by atomic mass is 9.88. The standard InChI is InChI=1S/C6H12INO/c1-6(2,3)4(8)5(7)9/h4H,8H2,1-3H3/t4-/m1/s1. The first-order valence-electron chi connectivity index (χ1n) is 2.80. The minimum atomic E-state index is -0.335. The predicted octanol–water partition coefficient (Wildman–Crippen LogP) is 1.32. The van der Waals surface area contributed by atoms with Crippen LogP contribution in [0, 0.1) is 5.41 Å². The highest BCUT2D eigenvalue weighted by Crippen LogP contribution is 2.19. The molecule has 2 N–H and O–H groups in total. The molecule has 3 heteroatoms. The van der Waals surface area contributed by atoms with Crippen molar-refractivity contribution in [3.63, 3.8) is 0 Å². The van der Waals surface area contributed by atoms with Gasteiger partial charge in [0.25, 0.3) is 0 Å². The summed E-state index contributed by atoms with van der Waals surface area (Å²) in [6, 6.07) is -0.335. The van der Waals surface area contributed by atoms with Crippen LogP contribution in [0.3, 0.4) is 0 Å². The Morgan fingerprint density at radius 3 is 1.89 bits per heavy atom. The molecule has 0 radical (unpaired) electrons. The van der Waals surface area contributed by atoms with Gasteiger partial charge in [0.1, 0.15) is 0 Å². The van der Waals surface area contributed by atoms with Crippen LogP contribution in [-0.2, 0) is 4.79 Å². The first kappa shape index (κ1) is 9.36. The number of hydrogen-bond donors (Lipinski definition) is 1. The van der Waals surface area contributed by atoms with Gasteiger partial charge in [-0.2, -0.15) is 0 Å². The molecule has 0 spiro atoms. The number of nitrogens with two attached hydrogens (primary N) is 1. The molecule has 0 saturated heterocycles. The molecule has 2 nitrogen and oxygen atoms in total. The van der Waals surface area contributed by atoms with Crippen LogP contribution in [0.2, 0.25) is 0 Å². The Bertz CT molecular complexity index is 117. The Kier molecular flexibility index (Phi) is 3.08. The van der Waals surface area contributed by atoms with Gasteiger partial charge >= 0.3 is 0 Å². The molecule has 0 aromatic rings. The molecule has 0 amide bonds. The van der Waals surface area contributed by atoms with Crippen molar-refractivity contribution in [2.75, 3.05) is 0 Å². The van der Waals surface area contributed by atoms with E-state index in [2.05, 4.69) is 0 Å². The van der Waals surface area contributed by atoms with E-state index in [0.717, 1.165) is 0 Å². The van der Waals surface area contributed by atoms with Crippen LogP contribution in [0.5, 0.6) is 0 Å². The third-order valence-corrected chi connectivity index (χ3v) is 1.85. The van der Waals surface area contributed by atoms with E-state index in [1.807, 2.05) is 20.8 Å². The maximum atomic E-state index is 10.7. The molecule has 0 unspecified atom stereocenters. The van der Waals surface area contributed by atoms with Gasteiger partial charge in [-0.3, -0.25) is 4.79 Å². The van der Waals surface area contributed by atoms with E-state index < -0.39 is 0 Å². The van der Waals surface area contributed by atoms with Crippen molar-refractivity contribution in [2.45, 2.75) is 26.8 Å². The fraction of sp³-hybridized carbons (Fsp3) is 0.833. The molecule has 0 heterocycles. The van der Waals surface area contributed by atoms with Crippen LogP contribution in [0.25, 0.3) is 0 Å². The van der Waals surface area contributed by atoms with Crippen LogP contribution in [-0.4, -0.2) is 9.83 Å². The Hall–Kier alpha value is 0.360. The van der Waals surface area contributed by atoms with Crippen LogP contribution in [0.15, 0.2) is 0 Å². The molecule has 0 bridgehead atoms. The van der Waals surface area contributed by atoms with E-state index >= 15 is 0 Å². The predicted molar refractivity (Wildman–Crippen MR) is 46.5 cm³/mol. The van der Waals surface area contributed by atoms with E-state index in [9.17, 15) is 4.79 Å². The maximum Gasteiger partial charge on any atom is 0.209 e.